The van der Waals surface area contributed by atoms with Gasteiger partial charge in [-0.25, -0.2) is 0 Å². The fourth-order valence-corrected chi connectivity index (χ4v) is 3.01. The second-order valence-electron chi connectivity index (χ2n) is 6.09. The highest BCUT2D eigenvalue weighted by atomic mass is 16.6. The molecule has 6 nitrogen and oxygen atoms in total. The summed E-state index contributed by atoms with van der Waals surface area (Å²) in [6, 6.07) is 26.2. The third-order valence-electron chi connectivity index (χ3n) is 4.28. The topological polar surface area (TPSA) is 73.8 Å². The lowest BCUT2D eigenvalue weighted by Crippen LogP contribution is -2.05. The van der Waals surface area contributed by atoms with E-state index in [0.717, 1.165) is 28.3 Å². The van der Waals surface area contributed by atoms with Gasteiger partial charge in [0.2, 0.25) is 0 Å². The molecule has 0 radical (unpaired) electrons. The van der Waals surface area contributed by atoms with Crippen molar-refractivity contribution < 1.29 is 4.92 Å². The lowest BCUT2D eigenvalue weighted by Gasteiger charge is -2.11. The fraction of sp³-hybridized carbons (Fsp3) is 0.0476. The number of aromatic nitrogens is 3. The molecule has 0 amide bonds. The molecule has 0 saturated heterocycles. The molecule has 0 aliphatic heterocycles. The minimum Gasteiger partial charge on any atom is -0.303 e. The van der Waals surface area contributed by atoms with Crippen molar-refractivity contribution in [2.45, 2.75) is 6.54 Å². The van der Waals surface area contributed by atoms with Gasteiger partial charge in [0.05, 0.1) is 11.5 Å². The first kappa shape index (κ1) is 16.7. The molecule has 0 aliphatic carbocycles. The average Bonchev–Trinajstić information content (AvgIpc) is 3.13. The molecule has 132 valence electrons. The zero-order valence-corrected chi connectivity index (χ0v) is 14.4. The molecule has 1 heterocycles. The Balaban J connectivity index is 1.83. The molecule has 0 aliphatic rings. The second-order valence-corrected chi connectivity index (χ2v) is 6.09. The van der Waals surface area contributed by atoms with Crippen LogP contribution in [0.15, 0.2) is 84.9 Å². The molecule has 0 atom stereocenters. The van der Waals surface area contributed by atoms with Gasteiger partial charge in [-0.3, -0.25) is 10.1 Å². The van der Waals surface area contributed by atoms with Gasteiger partial charge in [-0.05, 0) is 5.56 Å². The van der Waals surface area contributed by atoms with Gasteiger partial charge in [0.15, 0.2) is 11.6 Å². The Hall–Kier alpha value is -3.80. The summed E-state index contributed by atoms with van der Waals surface area (Å²) in [5.74, 6) is 1.45. The maximum absolute atomic E-state index is 11.1. The number of hydrogen-bond acceptors (Lipinski definition) is 4. The molecule has 27 heavy (non-hydrogen) atoms. The molecule has 0 saturated carbocycles. The summed E-state index contributed by atoms with van der Waals surface area (Å²) < 4.78 is 1.99. The Kier molecular flexibility index (Phi) is 4.45. The van der Waals surface area contributed by atoms with Gasteiger partial charge in [-0.2, -0.15) is 0 Å². The third kappa shape index (κ3) is 3.46. The molecule has 6 heteroatoms. The highest BCUT2D eigenvalue weighted by Gasteiger charge is 2.16. The Labute approximate surface area is 155 Å². The van der Waals surface area contributed by atoms with E-state index in [1.807, 2.05) is 71.3 Å². The number of nitrogens with zero attached hydrogens (tertiary/aromatic N) is 4. The number of hydrogen-bond donors (Lipinski definition) is 0. The van der Waals surface area contributed by atoms with E-state index < -0.39 is 0 Å². The molecular weight excluding hydrogens is 340 g/mol. The highest BCUT2D eigenvalue weighted by molar-refractivity contribution is 5.62. The van der Waals surface area contributed by atoms with E-state index >= 15 is 0 Å². The molecule has 0 spiro atoms. The summed E-state index contributed by atoms with van der Waals surface area (Å²) in [5.41, 5.74) is 2.77. The van der Waals surface area contributed by atoms with E-state index in [2.05, 4.69) is 10.2 Å². The summed E-state index contributed by atoms with van der Waals surface area (Å²) in [7, 11) is 0. The first-order chi connectivity index (χ1) is 13.2. The average molecular weight is 356 g/mol. The minimum absolute atomic E-state index is 0.0723. The normalized spacial score (nSPS) is 10.7. The standard InChI is InChI=1S/C21H16N4O2/c26-25(27)19-13-7-8-16(14-19)15-24-20(17-9-3-1-4-10-17)22-23-21(24)18-11-5-2-6-12-18/h1-14H,15H2. The largest absolute Gasteiger partial charge is 0.303 e. The molecule has 0 bridgehead atoms. The van der Waals surface area contributed by atoms with Crippen molar-refractivity contribution in [3.63, 3.8) is 0 Å². The van der Waals surface area contributed by atoms with Gasteiger partial charge in [-0.1, -0.05) is 72.8 Å². The Bertz CT molecular complexity index is 1020. The summed E-state index contributed by atoms with van der Waals surface area (Å²) in [6.07, 6.45) is 0. The third-order valence-corrected chi connectivity index (χ3v) is 4.28. The minimum atomic E-state index is -0.383. The summed E-state index contributed by atoms with van der Waals surface area (Å²) in [5, 5.41) is 19.9. The lowest BCUT2D eigenvalue weighted by molar-refractivity contribution is -0.384. The van der Waals surface area contributed by atoms with E-state index in [0.29, 0.717) is 6.54 Å². The van der Waals surface area contributed by atoms with Gasteiger partial charge in [0, 0.05) is 23.3 Å². The molecule has 4 rings (SSSR count). The molecule has 0 N–H and O–H groups in total. The van der Waals surface area contributed by atoms with E-state index in [1.54, 1.807) is 12.1 Å². The quantitative estimate of drug-likeness (QED) is 0.388. The second kappa shape index (κ2) is 7.21. The van der Waals surface area contributed by atoms with Crippen molar-refractivity contribution in [2.24, 2.45) is 0 Å². The van der Waals surface area contributed by atoms with Crippen molar-refractivity contribution in [2.75, 3.05) is 0 Å². The predicted molar refractivity (Wildman–Crippen MR) is 103 cm³/mol. The van der Waals surface area contributed by atoms with Crippen LogP contribution in [-0.2, 0) is 6.54 Å². The lowest BCUT2D eigenvalue weighted by atomic mass is 10.1. The molecule has 3 aromatic carbocycles. The number of nitro groups is 1. The van der Waals surface area contributed by atoms with Gasteiger partial charge in [0.25, 0.3) is 5.69 Å². The van der Waals surface area contributed by atoms with E-state index in [1.165, 1.54) is 6.07 Å². The maximum atomic E-state index is 11.1. The number of rotatable bonds is 5. The van der Waals surface area contributed by atoms with Gasteiger partial charge >= 0.3 is 0 Å². The molecular formula is C21H16N4O2. The number of non-ortho nitro benzene ring substituents is 1. The Morgan fingerprint density at radius 1 is 0.778 bits per heavy atom. The zero-order chi connectivity index (χ0) is 18.6. The number of nitro benzene ring substituents is 1. The van der Waals surface area contributed by atoms with Crippen LogP contribution in [0.5, 0.6) is 0 Å². The van der Waals surface area contributed by atoms with E-state index in [9.17, 15) is 10.1 Å². The molecule has 0 unspecified atom stereocenters. The van der Waals surface area contributed by atoms with Gasteiger partial charge in [-0.15, -0.1) is 10.2 Å². The summed E-state index contributed by atoms with van der Waals surface area (Å²) in [4.78, 5) is 10.7. The van der Waals surface area contributed by atoms with Crippen LogP contribution in [0.25, 0.3) is 22.8 Å². The first-order valence-corrected chi connectivity index (χ1v) is 8.50. The van der Waals surface area contributed by atoms with E-state index in [4.69, 9.17) is 0 Å². The monoisotopic (exact) mass is 356 g/mol. The van der Waals surface area contributed by atoms with Gasteiger partial charge < -0.3 is 4.57 Å². The van der Waals surface area contributed by atoms with Crippen LogP contribution in [-0.4, -0.2) is 19.7 Å². The zero-order valence-electron chi connectivity index (χ0n) is 14.4. The van der Waals surface area contributed by atoms with Crippen LogP contribution >= 0.6 is 0 Å². The SMILES string of the molecule is O=[N+]([O-])c1cccc(Cn2c(-c3ccccc3)nnc2-c2ccccc2)c1. The molecule has 4 aromatic rings. The Morgan fingerprint density at radius 3 is 1.85 bits per heavy atom. The molecule has 0 fully saturated rings. The predicted octanol–water partition coefficient (Wildman–Crippen LogP) is 4.57. The summed E-state index contributed by atoms with van der Waals surface area (Å²) >= 11 is 0. The van der Waals surface area contributed by atoms with Crippen molar-refractivity contribution in [1.82, 2.24) is 14.8 Å². The first-order valence-electron chi connectivity index (χ1n) is 8.50. The van der Waals surface area contributed by atoms with Crippen LogP contribution < -0.4 is 0 Å². The van der Waals surface area contributed by atoms with Crippen LogP contribution in [0.1, 0.15) is 5.56 Å². The van der Waals surface area contributed by atoms with Crippen molar-refractivity contribution in [1.29, 1.82) is 0 Å². The molecule has 1 aromatic heterocycles. The maximum Gasteiger partial charge on any atom is 0.269 e. The van der Waals surface area contributed by atoms with Crippen molar-refractivity contribution >= 4 is 5.69 Å². The van der Waals surface area contributed by atoms with Crippen LogP contribution in [0, 0.1) is 10.1 Å². The van der Waals surface area contributed by atoms with Gasteiger partial charge in [0.1, 0.15) is 0 Å². The Morgan fingerprint density at radius 2 is 1.33 bits per heavy atom. The summed E-state index contributed by atoms with van der Waals surface area (Å²) in [6.45, 7) is 0.434. The van der Waals surface area contributed by atoms with E-state index in [-0.39, 0.29) is 10.6 Å². The smallest absolute Gasteiger partial charge is 0.269 e. The van der Waals surface area contributed by atoms with Crippen LogP contribution in [0.2, 0.25) is 0 Å². The van der Waals surface area contributed by atoms with Crippen LogP contribution in [0.4, 0.5) is 5.69 Å². The van der Waals surface area contributed by atoms with Crippen LogP contribution in [0.3, 0.4) is 0 Å². The highest BCUT2D eigenvalue weighted by Crippen LogP contribution is 2.26. The van der Waals surface area contributed by atoms with Crippen molar-refractivity contribution in [3.05, 3.63) is 101 Å². The van der Waals surface area contributed by atoms with Crippen molar-refractivity contribution in [3.8, 4) is 22.8 Å². The fourth-order valence-electron chi connectivity index (χ4n) is 3.01. The number of benzene rings is 3.